The van der Waals surface area contributed by atoms with Crippen LogP contribution in [0.15, 0.2) is 15.3 Å². The lowest BCUT2D eigenvalue weighted by molar-refractivity contribution is -0.131. The van der Waals surface area contributed by atoms with Crippen LogP contribution < -0.4 is 15.8 Å². The summed E-state index contributed by atoms with van der Waals surface area (Å²) in [6.07, 6.45) is 5.16. The number of methoxy groups -OCH3 is 1. The molecule has 3 aliphatic carbocycles. The van der Waals surface area contributed by atoms with Gasteiger partial charge in [-0.15, -0.1) is 0 Å². The summed E-state index contributed by atoms with van der Waals surface area (Å²) in [6.45, 7) is 11.2. The van der Waals surface area contributed by atoms with E-state index in [4.69, 9.17) is 9.15 Å². The Morgan fingerprint density at radius 3 is 2.61 bits per heavy atom. The Kier molecular flexibility index (Phi) is 4.26. The molecule has 0 aliphatic heterocycles. The lowest BCUT2D eigenvalue weighted by Gasteiger charge is -2.63. The van der Waals surface area contributed by atoms with Gasteiger partial charge in [-0.25, -0.2) is 4.79 Å². The molecule has 1 aromatic heterocycles. The van der Waals surface area contributed by atoms with Gasteiger partial charge in [0.25, 0.3) is 0 Å². The summed E-state index contributed by atoms with van der Waals surface area (Å²) in [5.74, 6) is 1.46. The molecular formula is C25H34N2O4. The fraction of sp³-hybridized carbons (Fsp3) is 0.680. The third-order valence-corrected chi connectivity index (χ3v) is 9.43. The summed E-state index contributed by atoms with van der Waals surface area (Å²) in [4.78, 5) is 26.7. The minimum atomic E-state index is -0.411. The molecule has 168 valence electrons. The highest BCUT2D eigenvalue weighted by molar-refractivity contribution is 5.82. The van der Waals surface area contributed by atoms with Crippen molar-refractivity contribution in [3.8, 4) is 5.75 Å². The Bertz CT molecular complexity index is 1130. The van der Waals surface area contributed by atoms with Crippen LogP contribution in [0.25, 0.3) is 11.1 Å². The summed E-state index contributed by atoms with van der Waals surface area (Å²) in [6, 6.07) is 2.14. The number of nitrogens with one attached hydrogen (secondary N) is 2. The van der Waals surface area contributed by atoms with Gasteiger partial charge >= 0.3 is 5.76 Å². The van der Waals surface area contributed by atoms with E-state index in [1.165, 1.54) is 5.56 Å². The lowest BCUT2D eigenvalue weighted by atomic mass is 9.42. The van der Waals surface area contributed by atoms with Crippen LogP contribution in [0, 0.1) is 22.7 Å². The number of aromatic nitrogens is 1. The molecule has 0 saturated heterocycles. The normalized spacial score (nSPS) is 35.9. The molecule has 6 nitrogen and oxygen atoms in total. The predicted octanol–water partition coefficient (Wildman–Crippen LogP) is 4.30. The molecule has 0 spiro atoms. The van der Waals surface area contributed by atoms with Gasteiger partial charge < -0.3 is 14.5 Å². The predicted molar refractivity (Wildman–Crippen MR) is 119 cm³/mol. The maximum absolute atomic E-state index is 12.0. The van der Waals surface area contributed by atoms with Crippen molar-refractivity contribution < 1.29 is 13.9 Å². The number of H-pyrrole nitrogens is 1. The molecule has 5 rings (SSSR count). The molecule has 0 radical (unpaired) electrons. The number of rotatable bonds is 2. The van der Waals surface area contributed by atoms with Gasteiger partial charge in [0, 0.05) is 35.6 Å². The van der Waals surface area contributed by atoms with Gasteiger partial charge in [-0.3, -0.25) is 9.78 Å². The van der Waals surface area contributed by atoms with Crippen LogP contribution in [0.3, 0.4) is 0 Å². The number of hydrogen-bond donors (Lipinski definition) is 2. The third-order valence-electron chi connectivity index (χ3n) is 9.43. The van der Waals surface area contributed by atoms with E-state index >= 15 is 0 Å². The van der Waals surface area contributed by atoms with E-state index in [0.717, 1.165) is 48.9 Å². The van der Waals surface area contributed by atoms with E-state index in [-0.39, 0.29) is 28.2 Å². The van der Waals surface area contributed by atoms with Crippen molar-refractivity contribution in [3.05, 3.63) is 27.7 Å². The zero-order chi connectivity index (χ0) is 22.3. The summed E-state index contributed by atoms with van der Waals surface area (Å²) in [5.41, 5.74) is 3.93. The Hall–Kier alpha value is -2.24. The molecule has 3 aliphatic rings. The molecule has 2 N–H and O–H groups in total. The van der Waals surface area contributed by atoms with Crippen LogP contribution in [0.2, 0.25) is 0 Å². The van der Waals surface area contributed by atoms with Gasteiger partial charge in [0.1, 0.15) is 5.75 Å². The average molecular weight is 427 g/mol. The minimum absolute atomic E-state index is 0.0210. The van der Waals surface area contributed by atoms with Crippen LogP contribution in [0.1, 0.15) is 71.4 Å². The fourth-order valence-corrected chi connectivity index (χ4v) is 8.14. The van der Waals surface area contributed by atoms with Crippen molar-refractivity contribution in [2.45, 2.75) is 78.2 Å². The largest absolute Gasteiger partial charge is 0.496 e. The number of ether oxygens (including phenoxy) is 1. The first-order chi connectivity index (χ1) is 14.5. The molecule has 1 amide bonds. The molecular weight excluding hydrogens is 392 g/mol. The minimum Gasteiger partial charge on any atom is -0.496 e. The van der Waals surface area contributed by atoms with Gasteiger partial charge in [0.05, 0.1) is 12.6 Å². The van der Waals surface area contributed by atoms with Crippen LogP contribution in [-0.2, 0) is 16.6 Å². The Morgan fingerprint density at radius 1 is 1.19 bits per heavy atom. The van der Waals surface area contributed by atoms with Crippen LogP contribution in [0.5, 0.6) is 5.75 Å². The maximum atomic E-state index is 12.0. The van der Waals surface area contributed by atoms with Crippen molar-refractivity contribution in [1.29, 1.82) is 0 Å². The number of oxazole rings is 1. The molecule has 5 atom stereocenters. The molecule has 6 heteroatoms. The Labute approximate surface area is 183 Å². The first kappa shape index (κ1) is 20.7. The maximum Gasteiger partial charge on any atom is 0.417 e. The number of carbonyl (C=O) groups excluding carboxylic acids is 1. The molecule has 1 heterocycles. The number of carbonyl (C=O) groups is 1. The van der Waals surface area contributed by atoms with Gasteiger partial charge in [0.2, 0.25) is 5.91 Å². The van der Waals surface area contributed by atoms with Crippen molar-refractivity contribution in [3.63, 3.8) is 0 Å². The van der Waals surface area contributed by atoms with Gasteiger partial charge in [-0.2, -0.15) is 0 Å². The summed E-state index contributed by atoms with van der Waals surface area (Å²) >= 11 is 0. The monoisotopic (exact) mass is 426 g/mol. The highest BCUT2D eigenvalue weighted by atomic mass is 16.5. The van der Waals surface area contributed by atoms with E-state index in [2.05, 4.69) is 38.0 Å². The molecule has 2 fully saturated rings. The molecule has 0 bridgehead atoms. The van der Waals surface area contributed by atoms with Crippen LogP contribution in [-0.4, -0.2) is 24.0 Å². The van der Waals surface area contributed by atoms with E-state index in [9.17, 15) is 9.59 Å². The van der Waals surface area contributed by atoms with Crippen molar-refractivity contribution in [2.75, 3.05) is 7.11 Å². The molecule has 2 saturated carbocycles. The zero-order valence-corrected chi connectivity index (χ0v) is 19.5. The van der Waals surface area contributed by atoms with Gasteiger partial charge in [-0.05, 0) is 54.8 Å². The van der Waals surface area contributed by atoms with E-state index in [1.54, 1.807) is 14.0 Å². The second-order valence-corrected chi connectivity index (χ2v) is 11.2. The molecule has 31 heavy (non-hydrogen) atoms. The number of benzene rings is 1. The fourth-order valence-electron chi connectivity index (χ4n) is 8.14. The van der Waals surface area contributed by atoms with Gasteiger partial charge in [-0.1, -0.05) is 27.7 Å². The Balaban J connectivity index is 1.63. The van der Waals surface area contributed by atoms with Crippen LogP contribution >= 0.6 is 0 Å². The van der Waals surface area contributed by atoms with Crippen LogP contribution in [0.4, 0.5) is 0 Å². The smallest absolute Gasteiger partial charge is 0.417 e. The standard InChI is InChI=1S/C25H34N2O4/c1-13(28)26-19-8-10-24(4)17(23(19,2)3)7-9-25(5)18(24)11-14-20(25)16(30-6)12-15-21(14)31-22(29)27-15/h12,17-19H,7-11H2,1-6H3,(H,26,28)(H,27,29). The number of fused-ring (bicyclic) bond motifs is 7. The number of hydrogen-bond acceptors (Lipinski definition) is 4. The van der Waals surface area contributed by atoms with E-state index < -0.39 is 5.76 Å². The van der Waals surface area contributed by atoms with Gasteiger partial charge in [0.15, 0.2) is 5.58 Å². The molecule has 5 unspecified atom stereocenters. The van der Waals surface area contributed by atoms with E-state index in [1.807, 2.05) is 6.07 Å². The average Bonchev–Trinajstić information content (AvgIpc) is 3.21. The highest BCUT2D eigenvalue weighted by Gasteiger charge is 2.63. The topological polar surface area (TPSA) is 84.3 Å². The first-order valence-corrected chi connectivity index (χ1v) is 11.5. The van der Waals surface area contributed by atoms with Crippen molar-refractivity contribution in [1.82, 2.24) is 10.3 Å². The quantitative estimate of drug-likeness (QED) is 0.750. The SMILES string of the molecule is COc1cc2[nH]c(=O)oc2c2c1C1(C)CCC3C(C)(C)C(NC(C)=O)CCC3(C)C1C2. The highest BCUT2D eigenvalue weighted by Crippen LogP contribution is 2.68. The molecule has 1 aromatic carbocycles. The summed E-state index contributed by atoms with van der Waals surface area (Å²) in [7, 11) is 1.71. The number of amides is 1. The second-order valence-electron chi connectivity index (χ2n) is 11.2. The number of aromatic amines is 1. The summed E-state index contributed by atoms with van der Waals surface area (Å²) in [5, 5.41) is 3.24. The lowest BCUT2D eigenvalue weighted by Crippen LogP contribution is -2.61. The second kappa shape index (κ2) is 6.39. The first-order valence-electron chi connectivity index (χ1n) is 11.5. The van der Waals surface area contributed by atoms with Crippen molar-refractivity contribution in [2.24, 2.45) is 22.7 Å². The third kappa shape index (κ3) is 2.63. The Morgan fingerprint density at radius 2 is 1.94 bits per heavy atom. The molecule has 2 aromatic rings. The van der Waals surface area contributed by atoms with E-state index in [0.29, 0.717) is 17.4 Å². The van der Waals surface area contributed by atoms with Crippen molar-refractivity contribution >= 4 is 17.0 Å². The summed E-state index contributed by atoms with van der Waals surface area (Å²) < 4.78 is 11.5. The zero-order valence-electron chi connectivity index (χ0n) is 19.5.